The van der Waals surface area contributed by atoms with Crippen molar-refractivity contribution in [2.75, 3.05) is 32.7 Å². The molecule has 0 heterocycles. The number of nitrogens with two attached hydrogens (primary N) is 1. The molecule has 0 radical (unpaired) electrons. The molecule has 0 bridgehead atoms. The molecule has 0 spiro atoms. The van der Waals surface area contributed by atoms with Gasteiger partial charge in [0, 0.05) is 6.04 Å². The zero-order valence-corrected chi connectivity index (χ0v) is 11.8. The minimum absolute atomic E-state index is 0.686. The summed E-state index contributed by atoms with van der Waals surface area (Å²) in [4.78, 5) is 2.49. The van der Waals surface area contributed by atoms with Crippen LogP contribution < -0.4 is 11.1 Å². The van der Waals surface area contributed by atoms with Gasteiger partial charge >= 0.3 is 0 Å². The van der Waals surface area contributed by atoms with Crippen LogP contribution in [0.2, 0.25) is 0 Å². The van der Waals surface area contributed by atoms with Gasteiger partial charge in [0.15, 0.2) is 0 Å². The van der Waals surface area contributed by atoms with Gasteiger partial charge in [0.05, 0.1) is 0 Å². The molecule has 0 aromatic rings. The molecular weight excluding hydrogens is 210 g/mol. The smallest absolute Gasteiger partial charge is 0.0107 e. The van der Waals surface area contributed by atoms with Crippen LogP contribution in [0.25, 0.3) is 0 Å². The van der Waals surface area contributed by atoms with Crippen LogP contribution in [-0.2, 0) is 0 Å². The first kappa shape index (κ1) is 14.9. The Morgan fingerprint density at radius 1 is 1.18 bits per heavy atom. The minimum Gasteiger partial charge on any atom is -0.330 e. The Hall–Kier alpha value is -0.120. The average Bonchev–Trinajstić information content (AvgIpc) is 2.39. The molecule has 0 amide bonds. The molecule has 1 aliphatic rings. The Kier molecular flexibility index (Phi) is 7.82. The molecule has 3 nitrogen and oxygen atoms in total. The first-order valence-electron chi connectivity index (χ1n) is 7.47. The van der Waals surface area contributed by atoms with Gasteiger partial charge < -0.3 is 16.0 Å². The molecule has 17 heavy (non-hydrogen) atoms. The lowest BCUT2D eigenvalue weighted by Crippen LogP contribution is -2.42. The number of nitrogens with zero attached hydrogens (tertiary/aromatic N) is 1. The predicted octanol–water partition coefficient (Wildman–Crippen LogP) is 1.83. The van der Waals surface area contributed by atoms with E-state index in [9.17, 15) is 0 Å². The van der Waals surface area contributed by atoms with Crippen molar-refractivity contribution in [2.45, 2.75) is 52.0 Å². The lowest BCUT2D eigenvalue weighted by atomic mass is 9.84. The first-order chi connectivity index (χ1) is 8.31. The molecule has 1 fully saturated rings. The summed E-state index contributed by atoms with van der Waals surface area (Å²) in [6, 6.07) is 0.686. The molecule has 1 saturated carbocycles. The number of nitrogens with one attached hydrogen (secondary N) is 1. The molecule has 0 aliphatic heterocycles. The SMILES string of the molecule is CCN(CC)CCCNC1CCCCC1CN. The molecule has 2 unspecified atom stereocenters. The van der Waals surface area contributed by atoms with E-state index < -0.39 is 0 Å². The molecule has 3 N–H and O–H groups in total. The van der Waals surface area contributed by atoms with Crippen LogP contribution in [0.5, 0.6) is 0 Å². The summed E-state index contributed by atoms with van der Waals surface area (Å²) >= 11 is 0. The molecule has 2 atom stereocenters. The fraction of sp³-hybridized carbons (Fsp3) is 1.00. The van der Waals surface area contributed by atoms with Crippen molar-refractivity contribution in [1.29, 1.82) is 0 Å². The van der Waals surface area contributed by atoms with Crippen LogP contribution in [0, 0.1) is 5.92 Å². The lowest BCUT2D eigenvalue weighted by Gasteiger charge is -2.31. The van der Waals surface area contributed by atoms with Crippen LogP contribution in [0.15, 0.2) is 0 Å². The molecule has 1 aliphatic carbocycles. The highest BCUT2D eigenvalue weighted by atomic mass is 15.1. The van der Waals surface area contributed by atoms with Gasteiger partial charge in [0.2, 0.25) is 0 Å². The van der Waals surface area contributed by atoms with E-state index >= 15 is 0 Å². The van der Waals surface area contributed by atoms with Gasteiger partial charge in [-0.1, -0.05) is 26.7 Å². The monoisotopic (exact) mass is 241 g/mol. The third-order valence-corrected chi connectivity index (χ3v) is 4.16. The van der Waals surface area contributed by atoms with Crippen molar-refractivity contribution < 1.29 is 0 Å². The number of rotatable bonds is 8. The molecule has 102 valence electrons. The van der Waals surface area contributed by atoms with Crippen molar-refractivity contribution >= 4 is 0 Å². The highest BCUT2D eigenvalue weighted by Gasteiger charge is 2.22. The summed E-state index contributed by atoms with van der Waals surface area (Å²) in [5.74, 6) is 0.720. The van der Waals surface area contributed by atoms with Crippen molar-refractivity contribution in [1.82, 2.24) is 10.2 Å². The molecule has 0 saturated heterocycles. The van der Waals surface area contributed by atoms with Crippen LogP contribution in [0.3, 0.4) is 0 Å². The van der Waals surface area contributed by atoms with Gasteiger partial charge in [-0.25, -0.2) is 0 Å². The standard InChI is InChI=1S/C14H31N3/c1-3-17(4-2)11-7-10-16-14-9-6-5-8-13(14)12-15/h13-14,16H,3-12,15H2,1-2H3. The van der Waals surface area contributed by atoms with Gasteiger partial charge in [-0.2, -0.15) is 0 Å². The largest absolute Gasteiger partial charge is 0.330 e. The van der Waals surface area contributed by atoms with Gasteiger partial charge in [-0.3, -0.25) is 0 Å². The fourth-order valence-electron chi connectivity index (χ4n) is 2.89. The van der Waals surface area contributed by atoms with Gasteiger partial charge in [-0.05, 0) is 57.9 Å². The second-order valence-electron chi connectivity index (χ2n) is 5.22. The van der Waals surface area contributed by atoms with Gasteiger partial charge in [0.25, 0.3) is 0 Å². The highest BCUT2D eigenvalue weighted by Crippen LogP contribution is 2.23. The van der Waals surface area contributed by atoms with Crippen molar-refractivity contribution in [2.24, 2.45) is 11.7 Å². The zero-order chi connectivity index (χ0) is 12.5. The third-order valence-electron chi connectivity index (χ3n) is 4.16. The third kappa shape index (κ3) is 5.36. The minimum atomic E-state index is 0.686. The summed E-state index contributed by atoms with van der Waals surface area (Å²) in [7, 11) is 0. The van der Waals surface area contributed by atoms with E-state index in [1.165, 1.54) is 51.7 Å². The quantitative estimate of drug-likeness (QED) is 0.637. The van der Waals surface area contributed by atoms with E-state index in [1.54, 1.807) is 0 Å². The molecule has 1 rings (SSSR count). The van der Waals surface area contributed by atoms with Crippen LogP contribution >= 0.6 is 0 Å². The summed E-state index contributed by atoms with van der Waals surface area (Å²) in [6.45, 7) is 10.0. The van der Waals surface area contributed by atoms with Crippen molar-refractivity contribution in [3.8, 4) is 0 Å². The first-order valence-corrected chi connectivity index (χ1v) is 7.47. The Morgan fingerprint density at radius 2 is 1.88 bits per heavy atom. The van der Waals surface area contributed by atoms with Crippen molar-refractivity contribution in [3.05, 3.63) is 0 Å². The van der Waals surface area contributed by atoms with E-state index in [-0.39, 0.29) is 0 Å². The Bertz CT molecular complexity index is 180. The number of hydrogen-bond acceptors (Lipinski definition) is 3. The topological polar surface area (TPSA) is 41.3 Å². The van der Waals surface area contributed by atoms with E-state index in [2.05, 4.69) is 24.1 Å². The predicted molar refractivity (Wildman–Crippen MR) is 75.2 cm³/mol. The maximum absolute atomic E-state index is 5.84. The van der Waals surface area contributed by atoms with Crippen LogP contribution in [0.4, 0.5) is 0 Å². The highest BCUT2D eigenvalue weighted by molar-refractivity contribution is 4.81. The lowest BCUT2D eigenvalue weighted by molar-refractivity contribution is 0.255. The van der Waals surface area contributed by atoms with Gasteiger partial charge in [0.1, 0.15) is 0 Å². The molecule has 0 aromatic carbocycles. The average molecular weight is 241 g/mol. The molecule has 3 heteroatoms. The molecular formula is C14H31N3. The Labute approximate surface area is 107 Å². The second kappa shape index (κ2) is 8.90. The van der Waals surface area contributed by atoms with Gasteiger partial charge in [-0.15, -0.1) is 0 Å². The maximum Gasteiger partial charge on any atom is 0.0107 e. The normalized spacial score (nSPS) is 25.4. The number of hydrogen-bond donors (Lipinski definition) is 2. The summed E-state index contributed by atoms with van der Waals surface area (Å²) in [5, 5.41) is 3.72. The zero-order valence-electron chi connectivity index (χ0n) is 11.8. The molecule has 0 aromatic heterocycles. The van der Waals surface area contributed by atoms with E-state index in [0.717, 1.165) is 19.0 Å². The Balaban J connectivity index is 2.12. The summed E-state index contributed by atoms with van der Waals surface area (Å²) < 4.78 is 0. The van der Waals surface area contributed by atoms with E-state index in [4.69, 9.17) is 5.73 Å². The Morgan fingerprint density at radius 3 is 2.53 bits per heavy atom. The van der Waals surface area contributed by atoms with E-state index in [1.807, 2.05) is 0 Å². The fourth-order valence-corrected chi connectivity index (χ4v) is 2.89. The van der Waals surface area contributed by atoms with Crippen LogP contribution in [-0.4, -0.2) is 43.7 Å². The van der Waals surface area contributed by atoms with Crippen molar-refractivity contribution in [3.63, 3.8) is 0 Å². The van der Waals surface area contributed by atoms with Crippen LogP contribution in [0.1, 0.15) is 46.0 Å². The maximum atomic E-state index is 5.84. The second-order valence-corrected chi connectivity index (χ2v) is 5.22. The van der Waals surface area contributed by atoms with E-state index in [0.29, 0.717) is 6.04 Å². The summed E-state index contributed by atoms with van der Waals surface area (Å²) in [6.07, 6.45) is 6.66. The summed E-state index contributed by atoms with van der Waals surface area (Å²) in [5.41, 5.74) is 5.84.